The van der Waals surface area contributed by atoms with Crippen molar-refractivity contribution in [2.45, 2.75) is 11.8 Å². The Morgan fingerprint density at radius 2 is 1.81 bits per heavy atom. The molecule has 0 aliphatic rings. The molecule has 2 rings (SSSR count). The van der Waals surface area contributed by atoms with Gasteiger partial charge < -0.3 is 0 Å². The number of rotatable bonds is 4. The number of halogens is 2. The zero-order chi connectivity index (χ0) is 15.6. The molecular formula is C14H11Br2NO3S. The number of anilines is 1. The van der Waals surface area contributed by atoms with Crippen LogP contribution in [0.4, 0.5) is 5.69 Å². The van der Waals surface area contributed by atoms with Gasteiger partial charge in [-0.15, -0.1) is 0 Å². The van der Waals surface area contributed by atoms with Crippen LogP contribution in [-0.2, 0) is 10.0 Å². The SMILES string of the molecule is Cc1cc(Br)c(S(=O)(=O)Nc2cccc(C=O)c2)cc1Br. The van der Waals surface area contributed by atoms with Gasteiger partial charge in [0.05, 0.1) is 0 Å². The Balaban J connectivity index is 2.43. The number of hydrogen-bond acceptors (Lipinski definition) is 3. The number of nitrogens with one attached hydrogen (secondary N) is 1. The van der Waals surface area contributed by atoms with Gasteiger partial charge in [0.1, 0.15) is 11.2 Å². The fraction of sp³-hybridized carbons (Fsp3) is 0.0714. The van der Waals surface area contributed by atoms with Crippen LogP contribution in [0.25, 0.3) is 0 Å². The molecule has 21 heavy (non-hydrogen) atoms. The summed E-state index contributed by atoms with van der Waals surface area (Å²) in [6.07, 6.45) is 0.663. The molecule has 7 heteroatoms. The summed E-state index contributed by atoms with van der Waals surface area (Å²) in [6, 6.07) is 9.53. The molecule has 0 amide bonds. The molecule has 0 saturated carbocycles. The summed E-state index contributed by atoms with van der Waals surface area (Å²) in [4.78, 5) is 10.9. The van der Waals surface area contributed by atoms with Gasteiger partial charge in [-0.2, -0.15) is 0 Å². The molecule has 0 spiro atoms. The summed E-state index contributed by atoms with van der Waals surface area (Å²) in [5.41, 5.74) is 1.66. The molecule has 0 bridgehead atoms. The highest BCUT2D eigenvalue weighted by atomic mass is 79.9. The lowest BCUT2D eigenvalue weighted by atomic mass is 10.2. The highest BCUT2D eigenvalue weighted by Crippen LogP contribution is 2.30. The zero-order valence-electron chi connectivity index (χ0n) is 10.9. The summed E-state index contributed by atoms with van der Waals surface area (Å²) in [6.45, 7) is 1.87. The Kier molecular flexibility index (Phi) is 4.85. The van der Waals surface area contributed by atoms with E-state index < -0.39 is 10.0 Å². The summed E-state index contributed by atoms with van der Waals surface area (Å²) in [5, 5.41) is 0. The molecule has 0 radical (unpaired) electrons. The maximum absolute atomic E-state index is 12.4. The lowest BCUT2D eigenvalue weighted by molar-refractivity contribution is 0.112. The van der Waals surface area contributed by atoms with Gasteiger partial charge in [-0.1, -0.05) is 28.1 Å². The van der Waals surface area contributed by atoms with Crippen molar-refractivity contribution in [3.05, 3.63) is 56.5 Å². The van der Waals surface area contributed by atoms with Gasteiger partial charge in [-0.3, -0.25) is 9.52 Å². The number of hydrogen-bond donors (Lipinski definition) is 1. The topological polar surface area (TPSA) is 63.2 Å². The number of aryl methyl sites for hydroxylation is 1. The van der Waals surface area contributed by atoms with Gasteiger partial charge >= 0.3 is 0 Å². The van der Waals surface area contributed by atoms with Crippen molar-refractivity contribution in [3.63, 3.8) is 0 Å². The fourth-order valence-corrected chi connectivity index (χ4v) is 4.45. The maximum atomic E-state index is 12.4. The summed E-state index contributed by atoms with van der Waals surface area (Å²) < 4.78 is 28.5. The van der Waals surface area contributed by atoms with E-state index in [1.54, 1.807) is 24.3 Å². The van der Waals surface area contributed by atoms with Crippen LogP contribution in [0.1, 0.15) is 15.9 Å². The molecule has 0 saturated heterocycles. The van der Waals surface area contributed by atoms with Crippen LogP contribution in [0.15, 0.2) is 50.2 Å². The minimum atomic E-state index is -3.75. The fourth-order valence-electron chi connectivity index (χ4n) is 1.72. The van der Waals surface area contributed by atoms with Gasteiger partial charge in [0.15, 0.2) is 0 Å². The molecule has 2 aromatic rings. The molecule has 0 heterocycles. The third-order valence-electron chi connectivity index (χ3n) is 2.78. The first-order valence-corrected chi connectivity index (χ1v) is 8.94. The van der Waals surface area contributed by atoms with Crippen LogP contribution < -0.4 is 4.72 Å². The standard InChI is InChI=1S/C14H11Br2NO3S/c1-9-5-13(16)14(7-12(9)15)21(19,20)17-11-4-2-3-10(6-11)8-18/h2-8,17H,1H3. The molecule has 2 aromatic carbocycles. The minimum Gasteiger partial charge on any atom is -0.298 e. The van der Waals surface area contributed by atoms with E-state index >= 15 is 0 Å². The van der Waals surface area contributed by atoms with E-state index in [9.17, 15) is 13.2 Å². The molecule has 0 aromatic heterocycles. The molecule has 4 nitrogen and oxygen atoms in total. The largest absolute Gasteiger partial charge is 0.298 e. The molecule has 1 N–H and O–H groups in total. The molecule has 0 aliphatic carbocycles. The third-order valence-corrected chi connectivity index (χ3v) is 5.97. The number of sulfonamides is 1. The van der Waals surface area contributed by atoms with Crippen molar-refractivity contribution >= 4 is 53.9 Å². The quantitative estimate of drug-likeness (QED) is 0.738. The monoisotopic (exact) mass is 431 g/mol. The molecule has 110 valence electrons. The average Bonchev–Trinajstić information content (AvgIpc) is 2.42. The zero-order valence-corrected chi connectivity index (χ0v) is 14.9. The third kappa shape index (κ3) is 3.72. The Morgan fingerprint density at radius 1 is 1.10 bits per heavy atom. The van der Waals surface area contributed by atoms with E-state index in [0.29, 0.717) is 26.5 Å². The summed E-state index contributed by atoms with van der Waals surface area (Å²) in [5.74, 6) is 0. The second kappa shape index (κ2) is 6.29. The van der Waals surface area contributed by atoms with Crippen molar-refractivity contribution in [1.29, 1.82) is 0 Å². The molecule has 0 aliphatic heterocycles. The van der Waals surface area contributed by atoms with Gasteiger partial charge in [-0.05, 0) is 52.7 Å². The van der Waals surface area contributed by atoms with Gasteiger partial charge in [0, 0.05) is 20.2 Å². The van der Waals surface area contributed by atoms with E-state index in [-0.39, 0.29) is 4.90 Å². The van der Waals surface area contributed by atoms with Gasteiger partial charge in [0.2, 0.25) is 0 Å². The lowest BCUT2D eigenvalue weighted by Gasteiger charge is -2.11. The highest BCUT2D eigenvalue weighted by Gasteiger charge is 2.19. The lowest BCUT2D eigenvalue weighted by Crippen LogP contribution is -2.14. The number of aldehydes is 1. The predicted octanol–water partition coefficient (Wildman–Crippen LogP) is 4.13. The van der Waals surface area contributed by atoms with Crippen LogP contribution in [0, 0.1) is 6.92 Å². The first kappa shape index (κ1) is 16.2. The van der Waals surface area contributed by atoms with Crippen molar-refractivity contribution < 1.29 is 13.2 Å². The van der Waals surface area contributed by atoms with Crippen LogP contribution in [0.3, 0.4) is 0 Å². The van der Waals surface area contributed by atoms with Gasteiger partial charge in [-0.25, -0.2) is 8.42 Å². The number of carbonyl (C=O) groups excluding carboxylic acids is 1. The van der Waals surface area contributed by atoms with Crippen molar-refractivity contribution in [1.82, 2.24) is 0 Å². The van der Waals surface area contributed by atoms with Crippen LogP contribution in [0.2, 0.25) is 0 Å². The van der Waals surface area contributed by atoms with E-state index in [4.69, 9.17) is 0 Å². The normalized spacial score (nSPS) is 11.2. The minimum absolute atomic E-state index is 0.122. The number of carbonyl (C=O) groups is 1. The molecular weight excluding hydrogens is 422 g/mol. The molecule has 0 unspecified atom stereocenters. The Bertz CT molecular complexity index is 804. The van der Waals surface area contributed by atoms with E-state index in [2.05, 4.69) is 36.6 Å². The first-order valence-electron chi connectivity index (χ1n) is 5.87. The van der Waals surface area contributed by atoms with E-state index in [0.717, 1.165) is 5.56 Å². The molecule has 0 atom stereocenters. The maximum Gasteiger partial charge on any atom is 0.263 e. The second-order valence-electron chi connectivity index (χ2n) is 4.38. The average molecular weight is 433 g/mol. The van der Waals surface area contributed by atoms with Crippen LogP contribution in [0.5, 0.6) is 0 Å². The summed E-state index contributed by atoms with van der Waals surface area (Å²) >= 11 is 6.58. The van der Waals surface area contributed by atoms with E-state index in [1.165, 1.54) is 12.1 Å². The van der Waals surface area contributed by atoms with Crippen molar-refractivity contribution in [3.8, 4) is 0 Å². The second-order valence-corrected chi connectivity index (χ2v) is 7.74. The molecule has 0 fully saturated rings. The Morgan fingerprint density at radius 3 is 2.48 bits per heavy atom. The number of benzene rings is 2. The van der Waals surface area contributed by atoms with Crippen molar-refractivity contribution in [2.24, 2.45) is 0 Å². The predicted molar refractivity (Wildman–Crippen MR) is 89.2 cm³/mol. The van der Waals surface area contributed by atoms with Crippen molar-refractivity contribution in [2.75, 3.05) is 4.72 Å². The smallest absolute Gasteiger partial charge is 0.263 e. The Labute approximate surface area is 139 Å². The van der Waals surface area contributed by atoms with E-state index in [1.807, 2.05) is 6.92 Å². The first-order chi connectivity index (χ1) is 9.83. The van der Waals surface area contributed by atoms with Crippen LogP contribution in [-0.4, -0.2) is 14.7 Å². The highest BCUT2D eigenvalue weighted by molar-refractivity contribution is 9.11. The summed E-state index contributed by atoms with van der Waals surface area (Å²) in [7, 11) is -3.75. The van der Waals surface area contributed by atoms with Crippen LogP contribution >= 0.6 is 31.9 Å². The Hall–Kier alpha value is -1.18. The van der Waals surface area contributed by atoms with Gasteiger partial charge in [0.25, 0.3) is 10.0 Å².